The first-order valence-electron chi connectivity index (χ1n) is 4.57. The average molecular weight is 265 g/mol. The van der Waals surface area contributed by atoms with Crippen LogP contribution in [0.25, 0.3) is 0 Å². The van der Waals surface area contributed by atoms with E-state index in [0.717, 1.165) is 0 Å². The van der Waals surface area contributed by atoms with E-state index < -0.39 is 10.2 Å². The number of halogens is 1. The zero-order valence-electron chi connectivity index (χ0n) is 9.18. The van der Waals surface area contributed by atoms with Gasteiger partial charge in [-0.05, 0) is 13.8 Å². The molecule has 1 N–H and O–H groups in total. The summed E-state index contributed by atoms with van der Waals surface area (Å²) < 4.78 is 27.0. The molecule has 0 fully saturated rings. The fraction of sp³-hybridized carbons (Fsp3) is 0.500. The fourth-order valence-corrected chi connectivity index (χ4v) is 2.16. The molecule has 90 valence electrons. The zero-order valence-corrected chi connectivity index (χ0v) is 10.7. The first-order chi connectivity index (χ1) is 7.34. The molecule has 8 heteroatoms. The molecular formula is C8H13ClN4O2S. The van der Waals surface area contributed by atoms with Gasteiger partial charge in [0.25, 0.3) is 0 Å². The van der Waals surface area contributed by atoms with Gasteiger partial charge in [0.15, 0.2) is 11.0 Å². The molecular weight excluding hydrogens is 252 g/mol. The van der Waals surface area contributed by atoms with Gasteiger partial charge >= 0.3 is 10.2 Å². The predicted molar refractivity (Wildman–Crippen MR) is 62.5 cm³/mol. The lowest BCUT2D eigenvalue weighted by Crippen LogP contribution is -2.37. The van der Waals surface area contributed by atoms with Crippen LogP contribution >= 0.6 is 11.6 Å². The quantitative estimate of drug-likeness (QED) is 0.885. The van der Waals surface area contributed by atoms with Gasteiger partial charge in [0.2, 0.25) is 0 Å². The third kappa shape index (κ3) is 3.03. The summed E-state index contributed by atoms with van der Waals surface area (Å²) in [5, 5.41) is 0.0169. The Morgan fingerprint density at radius 3 is 2.44 bits per heavy atom. The van der Waals surface area contributed by atoms with Gasteiger partial charge < -0.3 is 0 Å². The lowest BCUT2D eigenvalue weighted by atomic mass is 10.4. The summed E-state index contributed by atoms with van der Waals surface area (Å²) in [4.78, 5) is 7.52. The Morgan fingerprint density at radius 1 is 1.38 bits per heavy atom. The van der Waals surface area contributed by atoms with Crippen molar-refractivity contribution in [1.82, 2.24) is 14.3 Å². The molecule has 0 aromatic carbocycles. The van der Waals surface area contributed by atoms with Crippen LogP contribution in [0.2, 0.25) is 5.15 Å². The second-order valence-corrected chi connectivity index (χ2v) is 5.50. The highest BCUT2D eigenvalue weighted by atomic mass is 35.5. The summed E-state index contributed by atoms with van der Waals surface area (Å²) in [6, 6.07) is -0.159. The first-order valence-corrected chi connectivity index (χ1v) is 6.38. The van der Waals surface area contributed by atoms with E-state index in [0.29, 0.717) is 0 Å². The normalized spacial score (nSPS) is 12.1. The molecule has 0 saturated carbocycles. The van der Waals surface area contributed by atoms with Crippen molar-refractivity contribution in [3.8, 4) is 0 Å². The molecule has 0 atom stereocenters. The van der Waals surface area contributed by atoms with Gasteiger partial charge in [-0.3, -0.25) is 4.72 Å². The van der Waals surface area contributed by atoms with Crippen molar-refractivity contribution in [3.63, 3.8) is 0 Å². The fourth-order valence-electron chi connectivity index (χ4n) is 0.861. The monoisotopic (exact) mass is 264 g/mol. The van der Waals surface area contributed by atoms with Crippen molar-refractivity contribution in [2.45, 2.75) is 19.9 Å². The van der Waals surface area contributed by atoms with Crippen molar-refractivity contribution < 1.29 is 8.42 Å². The Morgan fingerprint density at radius 2 is 1.94 bits per heavy atom. The van der Waals surface area contributed by atoms with Gasteiger partial charge in [-0.15, -0.1) is 0 Å². The van der Waals surface area contributed by atoms with Crippen LogP contribution in [0.15, 0.2) is 12.4 Å². The molecule has 0 amide bonds. The molecule has 0 unspecified atom stereocenters. The maximum absolute atomic E-state index is 11.8. The van der Waals surface area contributed by atoms with Gasteiger partial charge in [-0.25, -0.2) is 9.97 Å². The number of anilines is 1. The Balaban J connectivity index is 2.94. The van der Waals surface area contributed by atoms with Crippen LogP contribution in [0.3, 0.4) is 0 Å². The lowest BCUT2D eigenvalue weighted by molar-refractivity contribution is 0.414. The van der Waals surface area contributed by atoms with Crippen LogP contribution in [0.4, 0.5) is 5.82 Å². The lowest BCUT2D eigenvalue weighted by Gasteiger charge is -2.21. The van der Waals surface area contributed by atoms with Crippen molar-refractivity contribution in [2.75, 3.05) is 11.8 Å². The van der Waals surface area contributed by atoms with Crippen molar-refractivity contribution in [2.24, 2.45) is 0 Å². The Hall–Kier alpha value is -0.920. The minimum Gasteiger partial charge on any atom is -0.252 e. The zero-order chi connectivity index (χ0) is 12.3. The molecule has 6 nitrogen and oxygen atoms in total. The Bertz CT molecular complexity index is 463. The summed E-state index contributed by atoms with van der Waals surface area (Å²) >= 11 is 5.70. The first kappa shape index (κ1) is 13.1. The molecule has 1 aromatic rings. The molecule has 0 aliphatic carbocycles. The van der Waals surface area contributed by atoms with E-state index in [-0.39, 0.29) is 17.0 Å². The van der Waals surface area contributed by atoms with Gasteiger partial charge in [-0.1, -0.05) is 11.6 Å². The van der Waals surface area contributed by atoms with Crippen LogP contribution in [0.1, 0.15) is 13.8 Å². The maximum Gasteiger partial charge on any atom is 0.302 e. The van der Waals surface area contributed by atoms with Crippen LogP contribution in [-0.2, 0) is 10.2 Å². The van der Waals surface area contributed by atoms with Gasteiger partial charge in [0.05, 0.1) is 0 Å². The van der Waals surface area contributed by atoms with Gasteiger partial charge in [0, 0.05) is 25.5 Å². The highest BCUT2D eigenvalue weighted by molar-refractivity contribution is 7.90. The minimum atomic E-state index is -3.64. The average Bonchev–Trinajstić information content (AvgIpc) is 2.20. The highest BCUT2D eigenvalue weighted by Crippen LogP contribution is 2.17. The third-order valence-corrected chi connectivity index (χ3v) is 3.89. The molecule has 1 aromatic heterocycles. The number of nitrogens with one attached hydrogen (secondary N) is 1. The Kier molecular flexibility index (Phi) is 4.06. The largest absolute Gasteiger partial charge is 0.302 e. The van der Waals surface area contributed by atoms with E-state index in [1.54, 1.807) is 13.8 Å². The number of hydrogen-bond acceptors (Lipinski definition) is 4. The molecule has 1 heterocycles. The summed E-state index contributed by atoms with van der Waals surface area (Å²) in [7, 11) is -2.17. The summed E-state index contributed by atoms with van der Waals surface area (Å²) in [6.07, 6.45) is 2.74. The highest BCUT2D eigenvalue weighted by Gasteiger charge is 2.21. The van der Waals surface area contributed by atoms with E-state index in [2.05, 4.69) is 14.7 Å². The Labute approximate surface area is 99.8 Å². The molecule has 0 bridgehead atoms. The minimum absolute atomic E-state index is 0.0169. The molecule has 16 heavy (non-hydrogen) atoms. The second kappa shape index (κ2) is 4.94. The van der Waals surface area contributed by atoms with Gasteiger partial charge in [0.1, 0.15) is 0 Å². The van der Waals surface area contributed by atoms with E-state index in [4.69, 9.17) is 11.6 Å². The molecule has 0 saturated heterocycles. The number of hydrogen-bond donors (Lipinski definition) is 1. The smallest absolute Gasteiger partial charge is 0.252 e. The number of nitrogens with zero attached hydrogens (tertiary/aromatic N) is 3. The van der Waals surface area contributed by atoms with Crippen LogP contribution in [-0.4, -0.2) is 35.8 Å². The van der Waals surface area contributed by atoms with Crippen molar-refractivity contribution in [3.05, 3.63) is 17.5 Å². The third-order valence-electron chi connectivity index (χ3n) is 1.99. The number of rotatable bonds is 4. The van der Waals surface area contributed by atoms with Gasteiger partial charge in [-0.2, -0.15) is 12.7 Å². The van der Waals surface area contributed by atoms with E-state index >= 15 is 0 Å². The summed E-state index contributed by atoms with van der Waals surface area (Å²) in [5.74, 6) is 0.0247. The van der Waals surface area contributed by atoms with Crippen molar-refractivity contribution in [1.29, 1.82) is 0 Å². The number of aromatic nitrogens is 2. The topological polar surface area (TPSA) is 75.2 Å². The van der Waals surface area contributed by atoms with Crippen molar-refractivity contribution >= 4 is 27.6 Å². The summed E-state index contributed by atoms with van der Waals surface area (Å²) in [6.45, 7) is 3.52. The van der Waals surface area contributed by atoms with Crippen LogP contribution in [0, 0.1) is 0 Å². The van der Waals surface area contributed by atoms with E-state index in [9.17, 15) is 8.42 Å². The maximum atomic E-state index is 11.8. The van der Waals surface area contributed by atoms with E-state index in [1.807, 2.05) is 0 Å². The van der Waals surface area contributed by atoms with E-state index in [1.165, 1.54) is 23.7 Å². The molecule has 1 rings (SSSR count). The second-order valence-electron chi connectivity index (χ2n) is 3.41. The van der Waals surface area contributed by atoms with Crippen LogP contribution in [0.5, 0.6) is 0 Å². The standard InChI is InChI=1S/C8H13ClN4O2S/c1-6(2)13(3)16(14,15)12-8-7(9)10-4-5-11-8/h4-6H,1-3H3,(H,11,12). The molecule has 0 spiro atoms. The molecule has 0 aliphatic rings. The van der Waals surface area contributed by atoms with Crippen LogP contribution < -0.4 is 4.72 Å². The summed E-state index contributed by atoms with van der Waals surface area (Å²) in [5.41, 5.74) is 0. The predicted octanol–water partition coefficient (Wildman–Crippen LogP) is 1.13. The molecule has 0 radical (unpaired) electrons. The SMILES string of the molecule is CC(C)N(C)S(=O)(=O)Nc1nccnc1Cl. The molecule has 0 aliphatic heterocycles.